The second-order valence-corrected chi connectivity index (χ2v) is 5.40. The van der Waals surface area contributed by atoms with Gasteiger partial charge in [0.1, 0.15) is 0 Å². The zero-order valence-electron chi connectivity index (χ0n) is 12.9. The van der Waals surface area contributed by atoms with E-state index in [0.717, 1.165) is 5.69 Å². The van der Waals surface area contributed by atoms with Gasteiger partial charge in [0.2, 0.25) is 0 Å². The fraction of sp³-hybridized carbons (Fsp3) is 0.111. The summed E-state index contributed by atoms with van der Waals surface area (Å²) in [6.07, 6.45) is 1.64. The molecule has 0 aliphatic carbocycles. The Morgan fingerprint density at radius 2 is 1.83 bits per heavy atom. The van der Waals surface area contributed by atoms with E-state index in [0.29, 0.717) is 22.9 Å². The Bertz CT molecular complexity index is 710. The number of hydrogen-bond acceptors (Lipinski definition) is 2. The van der Waals surface area contributed by atoms with E-state index in [1.165, 1.54) is 5.56 Å². The second kappa shape index (κ2) is 8.10. The number of carbonyl (C=O) groups excluding carboxylic acids is 1. The molecule has 2 rings (SSSR count). The molecule has 0 aromatic heterocycles. The first-order valence-electron chi connectivity index (χ1n) is 7.23. The van der Waals surface area contributed by atoms with E-state index in [2.05, 4.69) is 22.5 Å². The summed E-state index contributed by atoms with van der Waals surface area (Å²) in [4.78, 5) is 12.1. The minimum atomic E-state index is -0.175. The summed E-state index contributed by atoms with van der Waals surface area (Å²) in [7, 11) is 0. The summed E-state index contributed by atoms with van der Waals surface area (Å²) in [5, 5.41) is 9.35. The number of thiocarbonyl (C=S) groups is 1. The molecule has 0 unspecified atom stereocenters. The van der Waals surface area contributed by atoms with Crippen molar-refractivity contribution < 1.29 is 4.79 Å². The highest BCUT2D eigenvalue weighted by atomic mass is 32.1. The van der Waals surface area contributed by atoms with Crippen LogP contribution in [0.4, 0.5) is 11.4 Å². The predicted octanol–water partition coefficient (Wildman–Crippen LogP) is 3.72. The van der Waals surface area contributed by atoms with Crippen LogP contribution in [0.25, 0.3) is 0 Å². The van der Waals surface area contributed by atoms with E-state index in [4.69, 9.17) is 12.2 Å². The van der Waals surface area contributed by atoms with Crippen molar-refractivity contribution in [3.05, 3.63) is 72.3 Å². The number of nitrogens with one attached hydrogen (secondary N) is 3. The minimum Gasteiger partial charge on any atom is -0.349 e. The molecule has 0 saturated heterocycles. The third-order valence-corrected chi connectivity index (χ3v) is 3.34. The van der Waals surface area contributed by atoms with E-state index in [1.807, 2.05) is 49.4 Å². The Morgan fingerprint density at radius 3 is 2.52 bits per heavy atom. The van der Waals surface area contributed by atoms with Gasteiger partial charge in [-0.3, -0.25) is 4.79 Å². The summed E-state index contributed by atoms with van der Waals surface area (Å²) in [5.41, 5.74) is 3.25. The van der Waals surface area contributed by atoms with Crippen molar-refractivity contribution in [3.63, 3.8) is 0 Å². The van der Waals surface area contributed by atoms with Crippen LogP contribution < -0.4 is 16.0 Å². The highest BCUT2D eigenvalue weighted by Gasteiger charge is 2.11. The zero-order chi connectivity index (χ0) is 16.7. The molecule has 3 N–H and O–H groups in total. The molecule has 23 heavy (non-hydrogen) atoms. The number of hydrogen-bond donors (Lipinski definition) is 3. The Kier molecular flexibility index (Phi) is 5.88. The molecule has 0 bridgehead atoms. The van der Waals surface area contributed by atoms with Gasteiger partial charge in [-0.05, 0) is 43.4 Å². The lowest BCUT2D eigenvalue weighted by atomic mass is 10.1. The van der Waals surface area contributed by atoms with E-state index in [-0.39, 0.29) is 5.91 Å². The van der Waals surface area contributed by atoms with Crippen LogP contribution in [0.2, 0.25) is 0 Å². The Hall–Kier alpha value is -2.66. The van der Waals surface area contributed by atoms with Gasteiger partial charge in [0, 0.05) is 12.2 Å². The molecule has 0 aliphatic heterocycles. The van der Waals surface area contributed by atoms with Crippen LogP contribution in [0.3, 0.4) is 0 Å². The molecule has 1 amide bonds. The summed E-state index contributed by atoms with van der Waals surface area (Å²) in [5.74, 6) is -0.175. The molecule has 0 heterocycles. The van der Waals surface area contributed by atoms with Gasteiger partial charge in [-0.15, -0.1) is 6.58 Å². The molecule has 5 heteroatoms. The molecule has 4 nitrogen and oxygen atoms in total. The smallest absolute Gasteiger partial charge is 0.253 e. The van der Waals surface area contributed by atoms with Gasteiger partial charge < -0.3 is 16.0 Å². The molecule has 2 aromatic rings. The zero-order valence-corrected chi connectivity index (χ0v) is 13.7. The number of amides is 1. The minimum absolute atomic E-state index is 0.175. The van der Waals surface area contributed by atoms with Crippen molar-refractivity contribution in [2.45, 2.75) is 6.92 Å². The average Bonchev–Trinajstić information content (AvgIpc) is 2.55. The lowest BCUT2D eigenvalue weighted by Crippen LogP contribution is -2.26. The number of rotatable bonds is 5. The third kappa shape index (κ3) is 4.93. The van der Waals surface area contributed by atoms with Gasteiger partial charge in [-0.25, -0.2) is 0 Å². The van der Waals surface area contributed by atoms with Gasteiger partial charge in [0.15, 0.2) is 5.11 Å². The molecule has 0 aliphatic rings. The summed E-state index contributed by atoms with van der Waals surface area (Å²) in [6, 6.07) is 15.1. The standard InChI is InChI=1S/C18H19N3OS/c1-3-12-19-17(22)15-6-4-5-7-16(15)21-18(23)20-14-10-8-13(2)9-11-14/h3-11H,1,12H2,2H3,(H,19,22)(H2,20,21,23). The van der Waals surface area contributed by atoms with E-state index in [1.54, 1.807) is 12.1 Å². The quantitative estimate of drug-likeness (QED) is 0.579. The molecule has 0 atom stereocenters. The van der Waals surface area contributed by atoms with Crippen molar-refractivity contribution in [2.75, 3.05) is 17.2 Å². The van der Waals surface area contributed by atoms with Gasteiger partial charge >= 0.3 is 0 Å². The maximum absolute atomic E-state index is 12.1. The van der Waals surface area contributed by atoms with Crippen molar-refractivity contribution in [1.82, 2.24) is 5.32 Å². The van der Waals surface area contributed by atoms with Gasteiger partial charge in [-0.2, -0.15) is 0 Å². The first kappa shape index (κ1) is 16.7. The Balaban J connectivity index is 2.07. The SMILES string of the molecule is C=CCNC(=O)c1ccccc1NC(=S)Nc1ccc(C)cc1. The fourth-order valence-corrected chi connectivity index (χ4v) is 2.20. The molecule has 0 saturated carbocycles. The highest BCUT2D eigenvalue weighted by Crippen LogP contribution is 2.16. The molecule has 2 aromatic carbocycles. The van der Waals surface area contributed by atoms with Crippen LogP contribution in [0.5, 0.6) is 0 Å². The lowest BCUT2D eigenvalue weighted by Gasteiger charge is -2.14. The van der Waals surface area contributed by atoms with Gasteiger partial charge in [0.25, 0.3) is 5.91 Å². The van der Waals surface area contributed by atoms with Crippen LogP contribution in [0.15, 0.2) is 61.2 Å². The summed E-state index contributed by atoms with van der Waals surface area (Å²) >= 11 is 5.31. The topological polar surface area (TPSA) is 53.2 Å². The number of para-hydroxylation sites is 1. The first-order chi connectivity index (χ1) is 11.1. The molecular formula is C18H19N3OS. The Morgan fingerprint density at radius 1 is 1.13 bits per heavy atom. The number of aryl methyl sites for hydroxylation is 1. The van der Waals surface area contributed by atoms with Crippen LogP contribution >= 0.6 is 12.2 Å². The molecule has 118 valence electrons. The Labute approximate surface area is 141 Å². The second-order valence-electron chi connectivity index (χ2n) is 4.99. The van der Waals surface area contributed by atoms with Crippen LogP contribution in [-0.2, 0) is 0 Å². The maximum Gasteiger partial charge on any atom is 0.253 e. The normalized spacial score (nSPS) is 9.78. The molecular weight excluding hydrogens is 306 g/mol. The summed E-state index contributed by atoms with van der Waals surface area (Å²) in [6.45, 7) is 6.03. The van der Waals surface area contributed by atoms with E-state index in [9.17, 15) is 4.79 Å². The number of benzene rings is 2. The largest absolute Gasteiger partial charge is 0.349 e. The van der Waals surface area contributed by atoms with E-state index >= 15 is 0 Å². The van der Waals surface area contributed by atoms with Crippen LogP contribution in [0, 0.1) is 6.92 Å². The third-order valence-electron chi connectivity index (χ3n) is 3.14. The van der Waals surface area contributed by atoms with Crippen LogP contribution in [-0.4, -0.2) is 17.6 Å². The van der Waals surface area contributed by atoms with Crippen molar-refractivity contribution in [2.24, 2.45) is 0 Å². The fourth-order valence-electron chi connectivity index (χ4n) is 1.97. The van der Waals surface area contributed by atoms with Crippen molar-refractivity contribution in [3.8, 4) is 0 Å². The van der Waals surface area contributed by atoms with Crippen molar-refractivity contribution >= 4 is 34.6 Å². The summed E-state index contributed by atoms with van der Waals surface area (Å²) < 4.78 is 0. The molecule has 0 spiro atoms. The highest BCUT2D eigenvalue weighted by molar-refractivity contribution is 7.80. The lowest BCUT2D eigenvalue weighted by molar-refractivity contribution is 0.0959. The van der Waals surface area contributed by atoms with E-state index < -0.39 is 0 Å². The first-order valence-corrected chi connectivity index (χ1v) is 7.64. The monoisotopic (exact) mass is 325 g/mol. The van der Waals surface area contributed by atoms with Gasteiger partial charge in [0.05, 0.1) is 11.3 Å². The molecule has 0 fully saturated rings. The number of carbonyl (C=O) groups is 1. The number of anilines is 2. The van der Waals surface area contributed by atoms with Crippen LogP contribution in [0.1, 0.15) is 15.9 Å². The van der Waals surface area contributed by atoms with Crippen molar-refractivity contribution in [1.29, 1.82) is 0 Å². The molecule has 0 radical (unpaired) electrons. The maximum atomic E-state index is 12.1. The van der Waals surface area contributed by atoms with Gasteiger partial charge in [-0.1, -0.05) is 35.9 Å². The predicted molar refractivity (Wildman–Crippen MR) is 100.0 cm³/mol. The average molecular weight is 325 g/mol.